The van der Waals surface area contributed by atoms with Crippen molar-refractivity contribution in [2.45, 2.75) is 50.7 Å². The third-order valence-corrected chi connectivity index (χ3v) is 5.53. The van der Waals surface area contributed by atoms with Crippen molar-refractivity contribution in [1.29, 1.82) is 0 Å². The summed E-state index contributed by atoms with van der Waals surface area (Å²) in [5.41, 5.74) is 1.18. The van der Waals surface area contributed by atoms with Gasteiger partial charge in [0.1, 0.15) is 0 Å². The van der Waals surface area contributed by atoms with Gasteiger partial charge in [-0.15, -0.1) is 0 Å². The maximum Gasteiger partial charge on any atom is 0.303 e. The molecule has 2 unspecified atom stereocenters. The molecule has 114 valence electrons. The van der Waals surface area contributed by atoms with Crippen molar-refractivity contribution in [2.75, 3.05) is 0 Å². The predicted molar refractivity (Wildman–Crippen MR) is 83.8 cm³/mol. The van der Waals surface area contributed by atoms with Crippen LogP contribution in [0.2, 0.25) is 10.0 Å². The summed E-state index contributed by atoms with van der Waals surface area (Å²) >= 11 is 12.0. The molecule has 2 fully saturated rings. The van der Waals surface area contributed by atoms with Gasteiger partial charge < -0.3 is 5.11 Å². The van der Waals surface area contributed by atoms with Gasteiger partial charge in [-0.25, -0.2) is 0 Å². The van der Waals surface area contributed by atoms with Gasteiger partial charge in [-0.2, -0.15) is 0 Å². The van der Waals surface area contributed by atoms with E-state index in [1.54, 1.807) is 0 Å². The normalized spacial score (nSPS) is 28.8. The van der Waals surface area contributed by atoms with E-state index in [2.05, 4.69) is 4.90 Å². The molecule has 0 aromatic heterocycles. The van der Waals surface area contributed by atoms with E-state index in [0.717, 1.165) is 19.4 Å². The maximum atomic E-state index is 10.9. The highest BCUT2D eigenvalue weighted by Gasteiger charge is 2.40. The molecule has 3 nitrogen and oxygen atoms in total. The van der Waals surface area contributed by atoms with Crippen molar-refractivity contribution in [3.05, 3.63) is 33.8 Å². The first kappa shape index (κ1) is 15.1. The van der Waals surface area contributed by atoms with Crippen LogP contribution in [-0.4, -0.2) is 28.1 Å². The summed E-state index contributed by atoms with van der Waals surface area (Å²) < 4.78 is 0. The molecular formula is C16H19Cl2NO2. The van der Waals surface area contributed by atoms with Gasteiger partial charge in [-0.3, -0.25) is 9.69 Å². The minimum atomic E-state index is -0.669. The predicted octanol–water partition coefficient (Wildman–Crippen LogP) is 4.21. The van der Waals surface area contributed by atoms with E-state index >= 15 is 0 Å². The molecule has 2 bridgehead atoms. The van der Waals surface area contributed by atoms with Crippen molar-refractivity contribution in [1.82, 2.24) is 4.90 Å². The van der Waals surface area contributed by atoms with Crippen LogP contribution in [0.4, 0.5) is 0 Å². The Morgan fingerprint density at radius 2 is 1.86 bits per heavy atom. The Balaban J connectivity index is 1.67. The van der Waals surface area contributed by atoms with Crippen LogP contribution < -0.4 is 0 Å². The summed E-state index contributed by atoms with van der Waals surface area (Å²) in [5.74, 6) is -0.331. The number of hydrogen-bond acceptors (Lipinski definition) is 2. The van der Waals surface area contributed by atoms with E-state index in [1.165, 1.54) is 18.4 Å². The average Bonchev–Trinajstić information content (AvgIpc) is 2.65. The highest BCUT2D eigenvalue weighted by molar-refractivity contribution is 6.42. The van der Waals surface area contributed by atoms with E-state index in [4.69, 9.17) is 28.3 Å². The van der Waals surface area contributed by atoms with Crippen LogP contribution in [-0.2, 0) is 11.3 Å². The molecule has 2 aliphatic rings. The quantitative estimate of drug-likeness (QED) is 0.900. The average molecular weight is 328 g/mol. The lowest BCUT2D eigenvalue weighted by atomic mass is 9.88. The molecule has 0 amide bonds. The Labute approximate surface area is 134 Å². The van der Waals surface area contributed by atoms with Crippen LogP contribution in [0.3, 0.4) is 0 Å². The lowest BCUT2D eigenvalue weighted by molar-refractivity contribution is -0.138. The highest BCUT2D eigenvalue weighted by Crippen LogP contribution is 2.41. The Morgan fingerprint density at radius 1 is 1.19 bits per heavy atom. The molecule has 2 aliphatic heterocycles. The van der Waals surface area contributed by atoms with Gasteiger partial charge in [0.2, 0.25) is 0 Å². The fourth-order valence-corrected chi connectivity index (χ4v) is 4.23. The van der Waals surface area contributed by atoms with Gasteiger partial charge in [-0.05, 0) is 49.3 Å². The van der Waals surface area contributed by atoms with Gasteiger partial charge in [0.15, 0.2) is 0 Å². The first-order valence-corrected chi connectivity index (χ1v) is 8.20. The van der Waals surface area contributed by atoms with E-state index in [0.29, 0.717) is 34.5 Å². The van der Waals surface area contributed by atoms with Gasteiger partial charge >= 0.3 is 5.97 Å². The zero-order chi connectivity index (χ0) is 15.0. The lowest BCUT2D eigenvalue weighted by Gasteiger charge is -2.38. The molecule has 0 radical (unpaired) electrons. The first-order chi connectivity index (χ1) is 10.0. The zero-order valence-electron chi connectivity index (χ0n) is 11.8. The number of halogens is 2. The summed E-state index contributed by atoms with van der Waals surface area (Å²) in [6.07, 6.45) is 4.69. The Hall–Kier alpha value is -0.770. The van der Waals surface area contributed by atoms with Gasteiger partial charge in [0.05, 0.1) is 10.0 Å². The largest absolute Gasteiger partial charge is 0.481 e. The van der Waals surface area contributed by atoms with Crippen LogP contribution in [0.5, 0.6) is 0 Å². The monoisotopic (exact) mass is 327 g/mol. The maximum absolute atomic E-state index is 10.9. The number of carbonyl (C=O) groups is 1. The number of fused-ring (bicyclic) bond motifs is 2. The fraction of sp³-hybridized carbons (Fsp3) is 0.562. The zero-order valence-corrected chi connectivity index (χ0v) is 13.3. The summed E-state index contributed by atoms with van der Waals surface area (Å²) in [6, 6.07) is 6.84. The van der Waals surface area contributed by atoms with Crippen molar-refractivity contribution < 1.29 is 9.90 Å². The number of piperidine rings is 1. The number of carboxylic acid groups (broad SMARTS) is 1. The number of carboxylic acids is 1. The van der Waals surface area contributed by atoms with Gasteiger partial charge in [-0.1, -0.05) is 29.3 Å². The van der Waals surface area contributed by atoms with Gasteiger partial charge in [0.25, 0.3) is 0 Å². The topological polar surface area (TPSA) is 40.5 Å². The minimum Gasteiger partial charge on any atom is -0.481 e. The minimum absolute atomic E-state index is 0.313. The summed E-state index contributed by atoms with van der Waals surface area (Å²) in [7, 11) is 0. The molecule has 2 saturated heterocycles. The molecule has 1 N–H and O–H groups in total. The van der Waals surface area contributed by atoms with Crippen molar-refractivity contribution in [3.8, 4) is 0 Å². The number of nitrogens with zero attached hydrogens (tertiary/aromatic N) is 1. The Morgan fingerprint density at radius 3 is 2.43 bits per heavy atom. The molecule has 0 aliphatic carbocycles. The van der Waals surface area contributed by atoms with Crippen LogP contribution in [0.25, 0.3) is 0 Å². The molecule has 3 rings (SSSR count). The molecule has 5 heteroatoms. The Bertz CT molecular complexity index is 535. The second kappa shape index (κ2) is 6.15. The molecule has 0 saturated carbocycles. The highest BCUT2D eigenvalue weighted by atomic mass is 35.5. The van der Waals surface area contributed by atoms with Crippen molar-refractivity contribution >= 4 is 29.2 Å². The molecule has 21 heavy (non-hydrogen) atoms. The SMILES string of the molecule is O=C(O)CC1CC2CCC(C1)N2Cc1ccc(Cl)c(Cl)c1. The Kier molecular flexibility index (Phi) is 4.43. The van der Waals surface area contributed by atoms with E-state index in [9.17, 15) is 4.79 Å². The number of benzene rings is 1. The molecule has 1 aromatic carbocycles. The number of aliphatic carboxylic acids is 1. The van der Waals surface area contributed by atoms with Crippen LogP contribution in [0.15, 0.2) is 18.2 Å². The second-order valence-corrected chi connectivity index (χ2v) is 7.06. The standard InChI is InChI=1S/C16H19Cl2NO2/c17-14-4-1-10(7-15(14)18)9-19-12-2-3-13(19)6-11(5-12)8-16(20)21/h1,4,7,11-13H,2-3,5-6,8-9H2,(H,20,21). The van der Waals surface area contributed by atoms with E-state index in [-0.39, 0.29) is 0 Å². The molecule has 2 heterocycles. The summed E-state index contributed by atoms with van der Waals surface area (Å²) in [4.78, 5) is 13.4. The molecule has 0 spiro atoms. The smallest absolute Gasteiger partial charge is 0.303 e. The molecule has 2 atom stereocenters. The second-order valence-electron chi connectivity index (χ2n) is 6.24. The molecule has 1 aromatic rings. The third-order valence-electron chi connectivity index (χ3n) is 4.79. The van der Waals surface area contributed by atoms with Crippen LogP contribution in [0.1, 0.15) is 37.7 Å². The fourth-order valence-electron chi connectivity index (χ4n) is 3.91. The van der Waals surface area contributed by atoms with Crippen molar-refractivity contribution in [3.63, 3.8) is 0 Å². The number of rotatable bonds is 4. The number of hydrogen-bond donors (Lipinski definition) is 1. The van der Waals surface area contributed by atoms with Gasteiger partial charge in [0, 0.05) is 25.0 Å². The van der Waals surface area contributed by atoms with E-state index < -0.39 is 5.97 Å². The van der Waals surface area contributed by atoms with Crippen LogP contribution in [0, 0.1) is 5.92 Å². The van der Waals surface area contributed by atoms with Crippen molar-refractivity contribution in [2.24, 2.45) is 5.92 Å². The first-order valence-electron chi connectivity index (χ1n) is 7.44. The summed E-state index contributed by atoms with van der Waals surface area (Å²) in [5, 5.41) is 10.2. The molecular weight excluding hydrogens is 309 g/mol. The third kappa shape index (κ3) is 3.36. The van der Waals surface area contributed by atoms with Crippen LogP contribution >= 0.6 is 23.2 Å². The van der Waals surface area contributed by atoms with E-state index in [1.807, 2.05) is 18.2 Å². The lowest BCUT2D eigenvalue weighted by Crippen LogP contribution is -2.42. The summed E-state index contributed by atoms with van der Waals surface area (Å²) in [6.45, 7) is 0.881.